The summed E-state index contributed by atoms with van der Waals surface area (Å²) in [5, 5.41) is 1.19. The number of ether oxygens (including phenoxy) is 1. The molecule has 4 nitrogen and oxygen atoms in total. The van der Waals surface area contributed by atoms with E-state index in [0.29, 0.717) is 12.0 Å². The van der Waals surface area contributed by atoms with Crippen molar-refractivity contribution in [3.63, 3.8) is 0 Å². The van der Waals surface area contributed by atoms with Crippen LogP contribution >= 0.6 is 0 Å². The van der Waals surface area contributed by atoms with E-state index in [1.54, 1.807) is 19.2 Å². The van der Waals surface area contributed by atoms with Crippen molar-refractivity contribution in [2.75, 3.05) is 38.2 Å². The fourth-order valence-corrected chi connectivity index (χ4v) is 5.65. The highest BCUT2D eigenvalue weighted by Gasteiger charge is 2.29. The lowest BCUT2D eigenvalue weighted by Crippen LogP contribution is -2.40. The number of aromatic amines is 1. The number of benzene rings is 2. The Bertz CT molecular complexity index is 1020. The van der Waals surface area contributed by atoms with Crippen LogP contribution in [0.4, 0.5) is 10.1 Å². The number of nitrogens with one attached hydrogen (secondary N) is 1. The Morgan fingerprint density at radius 2 is 1.81 bits per heavy atom. The van der Waals surface area contributed by atoms with Crippen LogP contribution in [-0.2, 0) is 0 Å². The van der Waals surface area contributed by atoms with Crippen LogP contribution in [0.15, 0.2) is 48.7 Å². The van der Waals surface area contributed by atoms with E-state index in [0.717, 1.165) is 30.9 Å². The second-order valence-corrected chi connectivity index (χ2v) is 8.99. The van der Waals surface area contributed by atoms with Gasteiger partial charge in [0, 0.05) is 49.3 Å². The molecular weight excluding hydrogens is 389 g/mol. The number of aromatic nitrogens is 1. The van der Waals surface area contributed by atoms with Gasteiger partial charge in [-0.1, -0.05) is 12.1 Å². The van der Waals surface area contributed by atoms with Gasteiger partial charge in [0.2, 0.25) is 0 Å². The number of nitrogens with zero attached hydrogens (tertiary/aromatic N) is 2. The Hall–Kier alpha value is -2.53. The largest absolute Gasteiger partial charge is 0.495 e. The Kier molecular flexibility index (Phi) is 5.86. The summed E-state index contributed by atoms with van der Waals surface area (Å²) >= 11 is 0. The van der Waals surface area contributed by atoms with Crippen molar-refractivity contribution in [2.45, 2.75) is 44.1 Å². The Morgan fingerprint density at radius 3 is 2.65 bits per heavy atom. The fraction of sp³-hybridized carbons (Fsp3) is 0.462. The van der Waals surface area contributed by atoms with Gasteiger partial charge in [-0.3, -0.25) is 4.90 Å². The molecule has 1 aromatic heterocycles. The quantitative estimate of drug-likeness (QED) is 0.599. The summed E-state index contributed by atoms with van der Waals surface area (Å²) in [6.07, 6.45) is 8.20. The van der Waals surface area contributed by atoms with E-state index < -0.39 is 0 Å². The molecule has 164 valence electrons. The fourth-order valence-electron chi connectivity index (χ4n) is 5.65. The second-order valence-electron chi connectivity index (χ2n) is 8.99. The van der Waals surface area contributed by atoms with E-state index in [9.17, 15) is 4.39 Å². The number of H-pyrrole nitrogens is 1. The number of hydrogen-bond donors (Lipinski definition) is 1. The maximum atomic E-state index is 13.5. The Balaban J connectivity index is 1.21. The number of halogens is 1. The lowest BCUT2D eigenvalue weighted by Gasteiger charge is -2.36. The van der Waals surface area contributed by atoms with E-state index >= 15 is 0 Å². The normalized spacial score (nSPS) is 23.1. The summed E-state index contributed by atoms with van der Waals surface area (Å²) in [5.41, 5.74) is 3.50. The first-order valence-corrected chi connectivity index (χ1v) is 11.6. The van der Waals surface area contributed by atoms with Crippen LogP contribution in [0.3, 0.4) is 0 Å². The molecule has 0 radical (unpaired) electrons. The van der Waals surface area contributed by atoms with E-state index in [1.807, 2.05) is 12.1 Å². The van der Waals surface area contributed by atoms with Gasteiger partial charge in [-0.15, -0.1) is 0 Å². The molecule has 0 atom stereocenters. The van der Waals surface area contributed by atoms with Crippen molar-refractivity contribution in [1.29, 1.82) is 0 Å². The molecule has 2 heterocycles. The van der Waals surface area contributed by atoms with Crippen LogP contribution in [0.25, 0.3) is 10.9 Å². The first-order valence-electron chi connectivity index (χ1n) is 11.6. The summed E-state index contributed by atoms with van der Waals surface area (Å²) in [7, 11) is 1.76. The highest BCUT2D eigenvalue weighted by atomic mass is 19.1. The van der Waals surface area contributed by atoms with Crippen LogP contribution in [0.1, 0.15) is 43.6 Å². The predicted molar refractivity (Wildman–Crippen MR) is 125 cm³/mol. The highest BCUT2D eigenvalue weighted by Crippen LogP contribution is 2.38. The van der Waals surface area contributed by atoms with Crippen molar-refractivity contribution in [1.82, 2.24) is 9.88 Å². The standard InChI is InChI=1S/C26H32FN3O/c1-31-26-6-3-2-5-25(26)30-14-4-13-29(15-16-30)21-10-7-19(8-11-21)23-18-28-24-17-20(27)9-12-22(23)24/h2-3,5-6,9,12,17-19,21,28H,4,7-8,10-11,13-16H2,1H3. The first kappa shape index (κ1) is 20.4. The molecule has 0 amide bonds. The molecule has 31 heavy (non-hydrogen) atoms. The molecule has 1 saturated carbocycles. The molecule has 5 heteroatoms. The monoisotopic (exact) mass is 421 g/mol. The summed E-state index contributed by atoms with van der Waals surface area (Å²) in [5.74, 6) is 1.37. The average Bonchev–Trinajstić information content (AvgIpc) is 3.06. The summed E-state index contributed by atoms with van der Waals surface area (Å²) in [6.45, 7) is 4.42. The highest BCUT2D eigenvalue weighted by molar-refractivity contribution is 5.83. The third kappa shape index (κ3) is 4.16. The maximum absolute atomic E-state index is 13.5. The molecule has 0 unspecified atom stereocenters. The van der Waals surface area contributed by atoms with Gasteiger partial charge in [-0.05, 0) is 73.9 Å². The molecular formula is C26H32FN3O. The van der Waals surface area contributed by atoms with E-state index in [4.69, 9.17) is 4.74 Å². The lowest BCUT2D eigenvalue weighted by atomic mass is 9.81. The molecule has 0 bridgehead atoms. The maximum Gasteiger partial charge on any atom is 0.142 e. The smallest absolute Gasteiger partial charge is 0.142 e. The van der Waals surface area contributed by atoms with Crippen molar-refractivity contribution in [3.8, 4) is 5.75 Å². The van der Waals surface area contributed by atoms with Crippen LogP contribution in [0.2, 0.25) is 0 Å². The minimum absolute atomic E-state index is 0.173. The summed E-state index contributed by atoms with van der Waals surface area (Å²) < 4.78 is 19.1. The number of para-hydroxylation sites is 2. The van der Waals surface area contributed by atoms with Gasteiger partial charge in [0.25, 0.3) is 0 Å². The number of rotatable bonds is 4. The number of anilines is 1. The van der Waals surface area contributed by atoms with Crippen LogP contribution in [0, 0.1) is 5.82 Å². The summed E-state index contributed by atoms with van der Waals surface area (Å²) in [6, 6.07) is 14.2. The molecule has 2 fully saturated rings. The third-order valence-corrected chi connectivity index (χ3v) is 7.29. The van der Waals surface area contributed by atoms with Gasteiger partial charge in [-0.25, -0.2) is 4.39 Å². The number of fused-ring (bicyclic) bond motifs is 1. The molecule has 2 aromatic carbocycles. The van der Waals surface area contributed by atoms with Gasteiger partial charge in [0.05, 0.1) is 12.8 Å². The van der Waals surface area contributed by atoms with Gasteiger partial charge in [-0.2, -0.15) is 0 Å². The van der Waals surface area contributed by atoms with Crippen LogP contribution < -0.4 is 9.64 Å². The molecule has 1 N–H and O–H groups in total. The predicted octanol–water partition coefficient (Wildman–Crippen LogP) is 5.55. The minimum Gasteiger partial charge on any atom is -0.495 e. The van der Waals surface area contributed by atoms with Crippen molar-refractivity contribution < 1.29 is 9.13 Å². The Morgan fingerprint density at radius 1 is 0.968 bits per heavy atom. The molecule has 1 saturated heterocycles. The van der Waals surface area contributed by atoms with Gasteiger partial charge in [0.15, 0.2) is 0 Å². The average molecular weight is 422 g/mol. The number of methoxy groups -OCH3 is 1. The molecule has 5 rings (SSSR count). The van der Waals surface area contributed by atoms with Crippen LogP contribution in [-0.4, -0.2) is 49.2 Å². The zero-order valence-electron chi connectivity index (χ0n) is 18.3. The topological polar surface area (TPSA) is 31.5 Å². The summed E-state index contributed by atoms with van der Waals surface area (Å²) in [4.78, 5) is 8.47. The van der Waals surface area contributed by atoms with E-state index in [2.05, 4.69) is 39.2 Å². The van der Waals surface area contributed by atoms with Crippen molar-refractivity contribution >= 4 is 16.6 Å². The first-order chi connectivity index (χ1) is 15.2. The van der Waals surface area contributed by atoms with Crippen molar-refractivity contribution in [2.24, 2.45) is 0 Å². The molecule has 3 aromatic rings. The van der Waals surface area contributed by atoms with E-state index in [1.165, 1.54) is 55.3 Å². The van der Waals surface area contributed by atoms with Gasteiger partial charge in [0.1, 0.15) is 11.6 Å². The zero-order chi connectivity index (χ0) is 21.2. The van der Waals surface area contributed by atoms with Crippen molar-refractivity contribution in [3.05, 3.63) is 60.0 Å². The van der Waals surface area contributed by atoms with Gasteiger partial charge >= 0.3 is 0 Å². The molecule has 0 spiro atoms. The zero-order valence-corrected chi connectivity index (χ0v) is 18.3. The molecule has 1 aliphatic carbocycles. The van der Waals surface area contributed by atoms with Gasteiger partial charge < -0.3 is 14.6 Å². The molecule has 2 aliphatic rings. The SMILES string of the molecule is COc1ccccc1N1CCCN(C2CCC(c3c[nH]c4cc(F)ccc34)CC2)CC1. The Labute approximate surface area is 184 Å². The van der Waals surface area contributed by atoms with Crippen LogP contribution in [0.5, 0.6) is 5.75 Å². The third-order valence-electron chi connectivity index (χ3n) is 7.29. The lowest BCUT2D eigenvalue weighted by molar-refractivity contribution is 0.159. The molecule has 1 aliphatic heterocycles. The second kappa shape index (κ2) is 8.91. The van der Waals surface area contributed by atoms with E-state index in [-0.39, 0.29) is 5.82 Å². The minimum atomic E-state index is -0.173. The number of hydrogen-bond acceptors (Lipinski definition) is 3.